The third kappa shape index (κ3) is 2.54. The van der Waals surface area contributed by atoms with Crippen molar-refractivity contribution in [2.24, 2.45) is 0 Å². The highest BCUT2D eigenvalue weighted by Gasteiger charge is 2.09. The molecule has 0 saturated heterocycles. The van der Waals surface area contributed by atoms with E-state index in [1.807, 2.05) is 0 Å². The van der Waals surface area contributed by atoms with Gasteiger partial charge in [-0.1, -0.05) is 6.07 Å². The van der Waals surface area contributed by atoms with Gasteiger partial charge in [-0.15, -0.1) is 5.10 Å². The molecular formula is C11H10N4O2. The number of nitrogens with zero attached hydrogens (tertiary/aromatic N) is 3. The minimum absolute atomic E-state index is 0.0738. The molecule has 1 amide bonds. The van der Waals surface area contributed by atoms with Crippen LogP contribution in [0.4, 0.5) is 5.95 Å². The van der Waals surface area contributed by atoms with Crippen molar-refractivity contribution in [1.82, 2.24) is 15.2 Å². The van der Waals surface area contributed by atoms with Crippen molar-refractivity contribution in [2.45, 2.75) is 6.92 Å². The van der Waals surface area contributed by atoms with Crippen LogP contribution in [0.1, 0.15) is 15.9 Å². The van der Waals surface area contributed by atoms with Gasteiger partial charge in [0.15, 0.2) is 0 Å². The van der Waals surface area contributed by atoms with Gasteiger partial charge in [-0.05, 0) is 24.6 Å². The number of anilines is 1. The predicted octanol–water partition coefficient (Wildman–Crippen LogP) is 1.14. The van der Waals surface area contributed by atoms with Gasteiger partial charge in [0.2, 0.25) is 5.95 Å². The van der Waals surface area contributed by atoms with Gasteiger partial charge >= 0.3 is 0 Å². The molecule has 0 aliphatic carbocycles. The summed E-state index contributed by atoms with van der Waals surface area (Å²) in [6.07, 6.45) is 2.84. The topological polar surface area (TPSA) is 88.0 Å². The second-order valence-electron chi connectivity index (χ2n) is 3.42. The highest BCUT2D eigenvalue weighted by atomic mass is 16.3. The lowest BCUT2D eigenvalue weighted by molar-refractivity contribution is 0.102. The van der Waals surface area contributed by atoms with E-state index < -0.39 is 5.91 Å². The second kappa shape index (κ2) is 4.56. The number of hydrogen-bond donors (Lipinski definition) is 2. The number of hydrogen-bond acceptors (Lipinski definition) is 5. The maximum Gasteiger partial charge on any atom is 0.258 e. The quantitative estimate of drug-likeness (QED) is 0.807. The molecule has 0 aliphatic rings. The number of phenolic OH excluding ortho intramolecular Hbond substituents is 1. The zero-order chi connectivity index (χ0) is 12.3. The number of rotatable bonds is 2. The maximum absolute atomic E-state index is 11.7. The summed E-state index contributed by atoms with van der Waals surface area (Å²) >= 11 is 0. The lowest BCUT2D eigenvalue weighted by Gasteiger charge is -2.04. The fourth-order valence-corrected chi connectivity index (χ4v) is 1.23. The Kier molecular flexibility index (Phi) is 2.95. The monoisotopic (exact) mass is 230 g/mol. The van der Waals surface area contributed by atoms with Crippen molar-refractivity contribution in [3.05, 3.63) is 41.7 Å². The third-order valence-electron chi connectivity index (χ3n) is 2.18. The second-order valence-corrected chi connectivity index (χ2v) is 3.42. The lowest BCUT2D eigenvalue weighted by atomic mass is 10.1. The number of aromatic hydroxyl groups is 1. The molecule has 1 aromatic carbocycles. The molecule has 2 rings (SSSR count). The van der Waals surface area contributed by atoms with E-state index in [9.17, 15) is 9.90 Å². The van der Waals surface area contributed by atoms with Crippen LogP contribution < -0.4 is 5.32 Å². The van der Waals surface area contributed by atoms with Crippen molar-refractivity contribution < 1.29 is 9.90 Å². The first kappa shape index (κ1) is 11.0. The molecule has 2 N–H and O–H groups in total. The summed E-state index contributed by atoms with van der Waals surface area (Å²) in [4.78, 5) is 15.6. The molecule has 6 heteroatoms. The van der Waals surface area contributed by atoms with Crippen LogP contribution in [0.2, 0.25) is 0 Å². The maximum atomic E-state index is 11.7. The van der Waals surface area contributed by atoms with Gasteiger partial charge in [-0.3, -0.25) is 10.1 Å². The minimum Gasteiger partial charge on any atom is -0.508 e. The average molecular weight is 230 g/mol. The largest absolute Gasteiger partial charge is 0.508 e. The predicted molar refractivity (Wildman–Crippen MR) is 60.6 cm³/mol. The highest BCUT2D eigenvalue weighted by molar-refractivity contribution is 6.03. The summed E-state index contributed by atoms with van der Waals surface area (Å²) < 4.78 is 0. The lowest BCUT2D eigenvalue weighted by Crippen LogP contribution is -2.14. The van der Waals surface area contributed by atoms with E-state index in [1.54, 1.807) is 19.1 Å². The highest BCUT2D eigenvalue weighted by Crippen LogP contribution is 2.17. The van der Waals surface area contributed by atoms with Gasteiger partial charge in [0, 0.05) is 5.56 Å². The van der Waals surface area contributed by atoms with Crippen molar-refractivity contribution in [2.75, 3.05) is 5.32 Å². The Morgan fingerprint density at radius 3 is 2.82 bits per heavy atom. The van der Waals surface area contributed by atoms with E-state index in [1.165, 1.54) is 18.5 Å². The molecule has 0 spiro atoms. The van der Waals surface area contributed by atoms with Crippen molar-refractivity contribution in [3.8, 4) is 5.75 Å². The first-order valence-electron chi connectivity index (χ1n) is 4.91. The summed E-state index contributed by atoms with van der Waals surface area (Å²) in [7, 11) is 0. The number of nitrogens with one attached hydrogen (secondary N) is 1. The Morgan fingerprint density at radius 1 is 1.35 bits per heavy atom. The van der Waals surface area contributed by atoms with Crippen LogP contribution in [-0.4, -0.2) is 26.2 Å². The van der Waals surface area contributed by atoms with Crippen LogP contribution in [0, 0.1) is 6.92 Å². The molecule has 86 valence electrons. The fraction of sp³-hybridized carbons (Fsp3) is 0.0909. The summed E-state index contributed by atoms with van der Waals surface area (Å²) in [5.41, 5.74) is 1.04. The summed E-state index contributed by atoms with van der Waals surface area (Å²) in [6, 6.07) is 4.66. The molecule has 0 unspecified atom stereocenters. The van der Waals surface area contributed by atoms with Crippen LogP contribution in [0.5, 0.6) is 5.75 Å². The standard InChI is InChI=1S/C11H10N4O2/c1-7-2-3-8(6-9(7)16)10(17)14-11-12-4-5-13-15-11/h2-6,16H,1H3,(H,12,14,15,17). The molecule has 17 heavy (non-hydrogen) atoms. The zero-order valence-corrected chi connectivity index (χ0v) is 9.08. The molecular weight excluding hydrogens is 220 g/mol. The van der Waals surface area contributed by atoms with E-state index in [0.717, 1.165) is 0 Å². The Morgan fingerprint density at radius 2 is 2.18 bits per heavy atom. The van der Waals surface area contributed by atoms with Crippen LogP contribution in [0.15, 0.2) is 30.6 Å². The Balaban J connectivity index is 2.18. The van der Waals surface area contributed by atoms with Crippen molar-refractivity contribution >= 4 is 11.9 Å². The van der Waals surface area contributed by atoms with Gasteiger partial charge in [-0.2, -0.15) is 5.10 Å². The van der Waals surface area contributed by atoms with Gasteiger partial charge in [0.1, 0.15) is 5.75 Å². The number of aromatic nitrogens is 3. The normalized spacial score (nSPS) is 9.94. The number of aryl methyl sites for hydroxylation is 1. The fourth-order valence-electron chi connectivity index (χ4n) is 1.23. The van der Waals surface area contributed by atoms with Gasteiger partial charge < -0.3 is 5.11 Å². The Labute approximate surface area is 97.4 Å². The molecule has 6 nitrogen and oxygen atoms in total. The van der Waals surface area contributed by atoms with Crippen LogP contribution >= 0.6 is 0 Å². The SMILES string of the molecule is Cc1ccc(C(=O)Nc2nccnn2)cc1O. The van der Waals surface area contributed by atoms with E-state index in [-0.39, 0.29) is 11.7 Å². The first-order valence-corrected chi connectivity index (χ1v) is 4.91. The van der Waals surface area contributed by atoms with Crippen molar-refractivity contribution in [3.63, 3.8) is 0 Å². The van der Waals surface area contributed by atoms with Gasteiger partial charge in [0.05, 0.1) is 12.4 Å². The van der Waals surface area contributed by atoms with Crippen molar-refractivity contribution in [1.29, 1.82) is 0 Å². The van der Waals surface area contributed by atoms with Crippen LogP contribution in [0.25, 0.3) is 0 Å². The number of amides is 1. The van der Waals surface area contributed by atoms with Crippen LogP contribution in [0.3, 0.4) is 0 Å². The first-order chi connectivity index (χ1) is 8.16. The third-order valence-corrected chi connectivity index (χ3v) is 2.18. The Bertz CT molecular complexity index is 542. The number of benzene rings is 1. The number of carbonyl (C=O) groups is 1. The molecule has 1 heterocycles. The molecule has 1 aromatic heterocycles. The molecule has 0 bridgehead atoms. The number of carbonyl (C=O) groups excluding carboxylic acids is 1. The molecule has 0 aliphatic heterocycles. The molecule has 2 aromatic rings. The summed E-state index contributed by atoms with van der Waals surface area (Å²) in [6.45, 7) is 1.75. The average Bonchev–Trinajstić information content (AvgIpc) is 2.34. The number of phenols is 1. The molecule has 0 saturated carbocycles. The molecule has 0 atom stereocenters. The Hall–Kier alpha value is -2.50. The zero-order valence-electron chi connectivity index (χ0n) is 9.08. The summed E-state index contributed by atoms with van der Waals surface area (Å²) in [5, 5.41) is 19.2. The summed E-state index contributed by atoms with van der Waals surface area (Å²) in [5.74, 6) is -0.199. The van der Waals surface area contributed by atoms with Crippen LogP contribution in [-0.2, 0) is 0 Å². The minimum atomic E-state index is -0.395. The molecule has 0 fully saturated rings. The smallest absolute Gasteiger partial charge is 0.258 e. The van der Waals surface area contributed by atoms with E-state index in [4.69, 9.17) is 0 Å². The molecule has 0 radical (unpaired) electrons. The van der Waals surface area contributed by atoms with E-state index in [2.05, 4.69) is 20.5 Å². The van der Waals surface area contributed by atoms with E-state index in [0.29, 0.717) is 11.1 Å². The van der Waals surface area contributed by atoms with E-state index >= 15 is 0 Å². The van der Waals surface area contributed by atoms with Gasteiger partial charge in [0.25, 0.3) is 5.91 Å². The van der Waals surface area contributed by atoms with Gasteiger partial charge in [-0.25, -0.2) is 4.98 Å².